The van der Waals surface area contributed by atoms with Crippen LogP contribution >= 0.6 is 27.3 Å². The molecule has 1 aromatic heterocycles. The number of rotatable bonds is 13. The third-order valence-electron chi connectivity index (χ3n) is 7.51. The zero-order chi connectivity index (χ0) is 34.4. The Labute approximate surface area is 292 Å². The third kappa shape index (κ3) is 7.66. The summed E-state index contributed by atoms with van der Waals surface area (Å²) < 4.78 is 27.0. The van der Waals surface area contributed by atoms with Gasteiger partial charge in [-0.1, -0.05) is 63.7 Å². The van der Waals surface area contributed by atoms with Gasteiger partial charge in [0.2, 0.25) is 0 Å². The van der Waals surface area contributed by atoms with E-state index in [1.54, 1.807) is 18.4 Å². The van der Waals surface area contributed by atoms with Gasteiger partial charge in [-0.25, -0.2) is 9.79 Å². The Morgan fingerprint density at radius 2 is 1.81 bits per heavy atom. The van der Waals surface area contributed by atoms with Crippen LogP contribution in [-0.2, 0) is 22.6 Å². The van der Waals surface area contributed by atoms with E-state index in [0.717, 1.165) is 21.2 Å². The van der Waals surface area contributed by atoms with E-state index in [-0.39, 0.29) is 18.3 Å². The van der Waals surface area contributed by atoms with Crippen LogP contribution in [0.15, 0.2) is 98.8 Å². The highest BCUT2D eigenvalue weighted by molar-refractivity contribution is 9.10. The lowest BCUT2D eigenvalue weighted by molar-refractivity contribution is -0.139. The Balaban J connectivity index is 1.65. The fourth-order valence-corrected chi connectivity index (χ4v) is 6.85. The van der Waals surface area contributed by atoms with Gasteiger partial charge in [-0.2, -0.15) is 0 Å². The molecule has 1 aliphatic rings. The first-order valence-electron chi connectivity index (χ1n) is 15.9. The first-order chi connectivity index (χ1) is 23.1. The summed E-state index contributed by atoms with van der Waals surface area (Å²) in [6, 6.07) is 18.5. The van der Waals surface area contributed by atoms with E-state index in [1.807, 2.05) is 93.6 Å². The normalized spacial score (nSPS) is 14.4. The molecule has 0 unspecified atom stereocenters. The third-order valence-corrected chi connectivity index (χ3v) is 9.02. The highest BCUT2D eigenvalue weighted by Crippen LogP contribution is 2.37. The van der Waals surface area contributed by atoms with Crippen molar-refractivity contribution in [2.75, 3.05) is 13.2 Å². The number of nitrogens with zero attached hydrogens (tertiary/aromatic N) is 2. The van der Waals surface area contributed by atoms with Gasteiger partial charge in [0.25, 0.3) is 5.56 Å². The molecule has 8 nitrogen and oxygen atoms in total. The van der Waals surface area contributed by atoms with Crippen LogP contribution in [0.2, 0.25) is 0 Å². The van der Waals surface area contributed by atoms with Crippen molar-refractivity contribution in [3.63, 3.8) is 0 Å². The van der Waals surface area contributed by atoms with Crippen molar-refractivity contribution in [3.05, 3.63) is 131 Å². The summed E-state index contributed by atoms with van der Waals surface area (Å²) in [6.45, 7) is 14.2. The van der Waals surface area contributed by atoms with Crippen LogP contribution in [0.5, 0.6) is 17.2 Å². The molecule has 0 fully saturated rings. The second-order valence-electron chi connectivity index (χ2n) is 11.4. The number of carbonyl (C=O) groups is 1. The Kier molecular flexibility index (Phi) is 11.4. The molecule has 5 rings (SSSR count). The van der Waals surface area contributed by atoms with E-state index in [9.17, 15) is 9.59 Å². The maximum atomic E-state index is 14.3. The van der Waals surface area contributed by atoms with Crippen molar-refractivity contribution < 1.29 is 23.7 Å². The van der Waals surface area contributed by atoms with Crippen LogP contribution in [0.25, 0.3) is 6.08 Å². The van der Waals surface area contributed by atoms with Crippen molar-refractivity contribution in [2.24, 2.45) is 4.99 Å². The Morgan fingerprint density at radius 1 is 1.06 bits per heavy atom. The zero-order valence-electron chi connectivity index (χ0n) is 27.7. The van der Waals surface area contributed by atoms with Crippen molar-refractivity contribution in [1.29, 1.82) is 0 Å². The second kappa shape index (κ2) is 15.7. The van der Waals surface area contributed by atoms with E-state index in [4.69, 9.17) is 23.9 Å². The average Bonchev–Trinajstić information content (AvgIpc) is 3.35. The molecule has 1 aliphatic heterocycles. The molecule has 10 heteroatoms. The first kappa shape index (κ1) is 34.9. The lowest BCUT2D eigenvalue weighted by Gasteiger charge is -2.26. The summed E-state index contributed by atoms with van der Waals surface area (Å²) in [5.74, 6) is 1.27. The van der Waals surface area contributed by atoms with Gasteiger partial charge in [0, 0.05) is 15.6 Å². The Hall–Kier alpha value is -4.41. The zero-order valence-corrected chi connectivity index (χ0v) is 30.2. The summed E-state index contributed by atoms with van der Waals surface area (Å²) in [6.07, 6.45) is 4.05. The molecule has 48 heavy (non-hydrogen) atoms. The maximum Gasteiger partial charge on any atom is 0.338 e. The minimum Gasteiger partial charge on any atom is -0.491 e. The van der Waals surface area contributed by atoms with Crippen LogP contribution in [0.1, 0.15) is 62.9 Å². The molecular formula is C38H39BrN2O6S. The van der Waals surface area contributed by atoms with Gasteiger partial charge in [-0.05, 0) is 88.6 Å². The van der Waals surface area contributed by atoms with Crippen molar-refractivity contribution in [2.45, 2.75) is 59.8 Å². The quantitative estimate of drug-likeness (QED) is 0.108. The average molecular weight is 732 g/mol. The summed E-state index contributed by atoms with van der Waals surface area (Å²) in [5.41, 5.74) is 3.84. The van der Waals surface area contributed by atoms with E-state index in [0.29, 0.717) is 63.1 Å². The SMILES string of the molecule is C=CCc1cc(/C=c2/sc3n(c2=O)[C@H](c2ccccc2OC(C)C)C(C(=O)OCC)=C(C)N=3)cc(OCC)c1OCc1ccc(Br)cc1. The summed E-state index contributed by atoms with van der Waals surface area (Å²) in [4.78, 5) is 32.9. The van der Waals surface area contributed by atoms with Gasteiger partial charge < -0.3 is 18.9 Å². The van der Waals surface area contributed by atoms with Gasteiger partial charge >= 0.3 is 5.97 Å². The molecule has 0 radical (unpaired) electrons. The minimum absolute atomic E-state index is 0.121. The highest BCUT2D eigenvalue weighted by Gasteiger charge is 2.35. The number of esters is 1. The summed E-state index contributed by atoms with van der Waals surface area (Å²) >= 11 is 4.74. The molecule has 4 aromatic rings. The topological polar surface area (TPSA) is 88.4 Å². The lowest BCUT2D eigenvalue weighted by Crippen LogP contribution is -2.40. The molecule has 0 spiro atoms. The van der Waals surface area contributed by atoms with Gasteiger partial charge in [-0.15, -0.1) is 6.58 Å². The molecule has 1 atom stereocenters. The van der Waals surface area contributed by atoms with Crippen molar-refractivity contribution in [1.82, 2.24) is 4.57 Å². The first-order valence-corrected chi connectivity index (χ1v) is 17.5. The maximum absolute atomic E-state index is 14.3. The smallest absolute Gasteiger partial charge is 0.338 e. The Bertz CT molecular complexity index is 2030. The lowest BCUT2D eigenvalue weighted by atomic mass is 9.95. The molecule has 3 aromatic carbocycles. The van der Waals surface area contributed by atoms with Gasteiger partial charge in [0.05, 0.1) is 35.1 Å². The van der Waals surface area contributed by atoms with Gasteiger partial charge in [0.15, 0.2) is 16.3 Å². The minimum atomic E-state index is -0.790. The van der Waals surface area contributed by atoms with E-state index in [1.165, 1.54) is 11.3 Å². The van der Waals surface area contributed by atoms with Crippen molar-refractivity contribution in [3.8, 4) is 17.2 Å². The fraction of sp³-hybridized carbons (Fsp3) is 0.289. The van der Waals surface area contributed by atoms with Crippen LogP contribution in [-0.4, -0.2) is 29.9 Å². The standard InChI is InChI=1S/C38H39BrN2O6S/c1-7-12-27-19-26(20-31(44-8-2)35(27)46-22-25-15-17-28(39)18-16-25)21-32-36(42)41-34(29-13-10-11-14-30(29)47-23(4)5)33(37(43)45-9-3)24(6)40-38(41)48-32/h7,10-11,13-21,23,34H,1,8-9,12,22H2,2-6H3/b32-21+/t34-/m1/s1. The molecule has 0 N–H and O–H groups in total. The molecule has 0 aliphatic carbocycles. The van der Waals surface area contributed by atoms with Gasteiger partial charge in [-0.3, -0.25) is 9.36 Å². The number of hydrogen-bond acceptors (Lipinski definition) is 8. The number of hydrogen-bond donors (Lipinski definition) is 0. The molecule has 0 saturated carbocycles. The number of ether oxygens (including phenoxy) is 4. The second-order valence-corrected chi connectivity index (χ2v) is 13.3. The molecule has 0 bridgehead atoms. The number of benzene rings is 3. The van der Waals surface area contributed by atoms with Crippen LogP contribution in [0.3, 0.4) is 0 Å². The molecule has 250 valence electrons. The predicted octanol–water partition coefficient (Wildman–Crippen LogP) is 7.05. The van der Waals surface area contributed by atoms with E-state index >= 15 is 0 Å². The number of allylic oxidation sites excluding steroid dienone is 2. The summed E-state index contributed by atoms with van der Waals surface area (Å²) in [5, 5.41) is 0. The largest absolute Gasteiger partial charge is 0.491 e. The van der Waals surface area contributed by atoms with Crippen molar-refractivity contribution >= 4 is 39.3 Å². The fourth-order valence-electron chi connectivity index (χ4n) is 5.54. The Morgan fingerprint density at radius 3 is 2.50 bits per heavy atom. The van der Waals surface area contributed by atoms with Crippen LogP contribution < -0.4 is 29.1 Å². The van der Waals surface area contributed by atoms with E-state index < -0.39 is 12.0 Å². The molecule has 0 saturated heterocycles. The molecular weight excluding hydrogens is 692 g/mol. The van der Waals surface area contributed by atoms with E-state index in [2.05, 4.69) is 22.5 Å². The number of aromatic nitrogens is 1. The van der Waals surface area contributed by atoms with Gasteiger partial charge in [0.1, 0.15) is 18.4 Å². The highest BCUT2D eigenvalue weighted by atomic mass is 79.9. The summed E-state index contributed by atoms with van der Waals surface area (Å²) in [7, 11) is 0. The monoisotopic (exact) mass is 730 g/mol. The number of carbonyl (C=O) groups excluding carboxylic acids is 1. The number of thiazole rings is 1. The van der Waals surface area contributed by atoms with Crippen LogP contribution in [0, 0.1) is 0 Å². The number of fused-ring (bicyclic) bond motifs is 1. The predicted molar refractivity (Wildman–Crippen MR) is 193 cm³/mol. The molecule has 0 amide bonds. The number of para-hydroxylation sites is 1. The number of halogens is 1. The molecule has 2 heterocycles. The van der Waals surface area contributed by atoms with Crippen LogP contribution in [0.4, 0.5) is 0 Å².